The molecule has 4 N–H and O–H groups in total. The van der Waals surface area contributed by atoms with Crippen LogP contribution in [0.3, 0.4) is 0 Å². The Morgan fingerprint density at radius 3 is 2.67 bits per heavy atom. The maximum Gasteiger partial charge on any atom is 0.327 e. The van der Waals surface area contributed by atoms with Gasteiger partial charge in [0.25, 0.3) is 11.8 Å². The van der Waals surface area contributed by atoms with Crippen LogP contribution in [0.4, 0.5) is 9.93 Å². The number of carboxylic acids is 1. The highest BCUT2D eigenvalue weighted by Crippen LogP contribution is 2.22. The maximum atomic E-state index is 12.5. The molecule has 0 aliphatic carbocycles. The van der Waals surface area contributed by atoms with Crippen LogP contribution in [0.15, 0.2) is 10.5 Å². The minimum Gasteiger partial charge on any atom is -0.480 e. The molecule has 4 amide bonds. The minimum atomic E-state index is -1.21. The van der Waals surface area contributed by atoms with E-state index in [-0.39, 0.29) is 16.5 Å². The molecule has 1 saturated heterocycles. The molecule has 146 valence electrons. The van der Waals surface area contributed by atoms with Gasteiger partial charge in [0.15, 0.2) is 10.8 Å². The van der Waals surface area contributed by atoms with Gasteiger partial charge in [-0.2, -0.15) is 0 Å². The predicted octanol–water partition coefficient (Wildman–Crippen LogP) is -1.07. The van der Waals surface area contributed by atoms with Crippen LogP contribution >= 0.6 is 11.3 Å². The average Bonchev–Trinajstić information content (AvgIpc) is 3.02. The van der Waals surface area contributed by atoms with E-state index in [0.29, 0.717) is 0 Å². The van der Waals surface area contributed by atoms with Crippen LogP contribution in [0, 0.1) is 0 Å². The van der Waals surface area contributed by atoms with Crippen LogP contribution < -0.4 is 11.1 Å². The molecule has 0 unspecified atom stereocenters. The first-order valence-corrected chi connectivity index (χ1v) is 8.48. The number of thiazole rings is 1. The Morgan fingerprint density at radius 2 is 2.19 bits per heavy atom. The number of carbonyl (C=O) groups excluding carboxylic acids is 3. The molecule has 1 aliphatic rings. The molecule has 1 fully saturated rings. The van der Waals surface area contributed by atoms with E-state index in [1.54, 1.807) is 6.92 Å². The summed E-state index contributed by atoms with van der Waals surface area (Å²) in [6.45, 7) is 0.995. The molecule has 0 bridgehead atoms. The van der Waals surface area contributed by atoms with Crippen molar-refractivity contribution >= 4 is 46.0 Å². The van der Waals surface area contributed by atoms with Crippen molar-refractivity contribution in [1.29, 1.82) is 0 Å². The lowest BCUT2D eigenvalue weighted by atomic mass is 9.97. The Bertz CT molecular complexity index is 808. The summed E-state index contributed by atoms with van der Waals surface area (Å²) in [5.41, 5.74) is 5.56. The molecule has 2 rings (SSSR count). The van der Waals surface area contributed by atoms with E-state index in [0.717, 1.165) is 21.1 Å². The van der Waals surface area contributed by atoms with Gasteiger partial charge in [-0.25, -0.2) is 9.78 Å². The Labute approximate surface area is 157 Å². The van der Waals surface area contributed by atoms with Crippen LogP contribution in [0.25, 0.3) is 0 Å². The van der Waals surface area contributed by atoms with Crippen LogP contribution in [0.1, 0.15) is 12.6 Å². The third-order valence-electron chi connectivity index (χ3n) is 3.75. The van der Waals surface area contributed by atoms with E-state index < -0.39 is 42.4 Å². The molecular weight excluding hydrogens is 380 g/mol. The number of amides is 4. The van der Waals surface area contributed by atoms with Gasteiger partial charge in [-0.3, -0.25) is 19.3 Å². The summed E-state index contributed by atoms with van der Waals surface area (Å²) in [6, 6.07) is -2.41. The monoisotopic (exact) mass is 398 g/mol. The average molecular weight is 398 g/mol. The number of hydrogen-bond donors (Lipinski definition) is 3. The van der Waals surface area contributed by atoms with Crippen molar-refractivity contribution in [1.82, 2.24) is 20.1 Å². The number of likely N-dealkylation sites (tertiary alicyclic amines) is 1. The topological polar surface area (TPSA) is 168 Å². The Balaban J connectivity index is 2.07. The first kappa shape index (κ1) is 20.1. The second kappa shape index (κ2) is 7.99. The summed E-state index contributed by atoms with van der Waals surface area (Å²) < 4.78 is 0. The van der Waals surface area contributed by atoms with E-state index in [1.165, 1.54) is 19.5 Å². The first-order valence-electron chi connectivity index (χ1n) is 7.60. The number of nitrogen functional groups attached to an aromatic ring is 1. The highest BCUT2D eigenvalue weighted by atomic mass is 32.1. The quantitative estimate of drug-likeness (QED) is 0.309. The number of imide groups is 1. The fraction of sp³-hybridized carbons (Fsp3) is 0.429. The largest absolute Gasteiger partial charge is 0.480 e. The van der Waals surface area contributed by atoms with Crippen molar-refractivity contribution in [2.75, 3.05) is 26.4 Å². The highest BCUT2D eigenvalue weighted by molar-refractivity contribution is 7.13. The Kier molecular flexibility index (Phi) is 5.95. The summed E-state index contributed by atoms with van der Waals surface area (Å²) >= 11 is 1.10. The third kappa shape index (κ3) is 4.13. The zero-order chi connectivity index (χ0) is 20.3. The van der Waals surface area contributed by atoms with Gasteiger partial charge in [-0.05, 0) is 6.92 Å². The van der Waals surface area contributed by atoms with Crippen molar-refractivity contribution < 1.29 is 29.1 Å². The second-order valence-electron chi connectivity index (χ2n) is 5.63. The fourth-order valence-corrected chi connectivity index (χ4v) is 2.98. The summed E-state index contributed by atoms with van der Waals surface area (Å²) in [5.74, 6) is -2.59. The predicted molar refractivity (Wildman–Crippen MR) is 94.0 cm³/mol. The molecule has 1 aromatic heterocycles. The minimum absolute atomic E-state index is 0.168. The number of β-lactam (4-membered cyclic amide) rings is 1. The number of nitrogens with one attached hydrogen (secondary N) is 1. The molecular formula is C14H18N6O6S. The normalized spacial score (nSPS) is 19.3. The van der Waals surface area contributed by atoms with E-state index in [1.807, 2.05) is 0 Å². The zero-order valence-corrected chi connectivity index (χ0v) is 15.5. The van der Waals surface area contributed by atoms with Gasteiger partial charge in [-0.1, -0.05) is 5.16 Å². The van der Waals surface area contributed by atoms with Gasteiger partial charge in [0.1, 0.15) is 25.4 Å². The number of urea groups is 1. The molecule has 13 heteroatoms. The summed E-state index contributed by atoms with van der Waals surface area (Å²) in [7, 11) is 2.51. The number of aromatic nitrogens is 1. The number of anilines is 1. The number of aliphatic carboxylic acids is 1. The molecule has 0 saturated carbocycles. The molecule has 0 aromatic carbocycles. The van der Waals surface area contributed by atoms with E-state index in [4.69, 9.17) is 10.8 Å². The molecule has 1 aromatic rings. The van der Waals surface area contributed by atoms with E-state index in [2.05, 4.69) is 20.3 Å². The lowest BCUT2D eigenvalue weighted by Gasteiger charge is -2.44. The van der Waals surface area contributed by atoms with Crippen LogP contribution in [-0.4, -0.2) is 82.2 Å². The van der Waals surface area contributed by atoms with Gasteiger partial charge in [0.05, 0.1) is 6.04 Å². The molecule has 2 heterocycles. The van der Waals surface area contributed by atoms with Crippen LogP contribution in [0.2, 0.25) is 0 Å². The zero-order valence-electron chi connectivity index (χ0n) is 14.7. The highest BCUT2D eigenvalue weighted by Gasteiger charge is 2.50. The summed E-state index contributed by atoms with van der Waals surface area (Å²) in [4.78, 5) is 57.9. The SMILES string of the molecule is CON=C(C(=O)N[C@@H]1C(=O)N(C(=O)N(C)CC(=O)O)[C@H]1C)c1csc(N)n1. The Morgan fingerprint density at radius 1 is 1.52 bits per heavy atom. The molecule has 2 atom stereocenters. The van der Waals surface area contributed by atoms with E-state index >= 15 is 0 Å². The molecule has 1 aliphatic heterocycles. The Hall–Kier alpha value is -3.22. The molecule has 27 heavy (non-hydrogen) atoms. The van der Waals surface area contributed by atoms with Gasteiger partial charge < -0.3 is 25.9 Å². The number of rotatable bonds is 6. The van der Waals surface area contributed by atoms with Gasteiger partial charge in [-0.15, -0.1) is 11.3 Å². The lowest BCUT2D eigenvalue weighted by Crippen LogP contribution is -2.73. The maximum absolute atomic E-state index is 12.5. The standard InChI is InChI=1S/C14H18N6O6S/c1-6-9(12(24)20(6)14(25)19(2)4-8(21)22)17-11(23)10(18-26-3)7-5-27-13(15)16-7/h5-6,9H,4H2,1-3H3,(H2,15,16)(H,17,23)(H,21,22)/t6-,9-/m0/s1. The van der Waals surface area contributed by atoms with Gasteiger partial charge in [0, 0.05) is 12.4 Å². The number of nitrogens with two attached hydrogens (primary N) is 1. The number of carbonyl (C=O) groups is 4. The fourth-order valence-electron chi connectivity index (χ4n) is 2.43. The lowest BCUT2D eigenvalue weighted by molar-refractivity contribution is -0.148. The van der Waals surface area contributed by atoms with Crippen molar-refractivity contribution in [2.24, 2.45) is 5.16 Å². The van der Waals surface area contributed by atoms with Crippen LogP contribution in [0.5, 0.6) is 0 Å². The first-order chi connectivity index (χ1) is 12.7. The smallest absolute Gasteiger partial charge is 0.327 e. The van der Waals surface area contributed by atoms with Crippen LogP contribution in [-0.2, 0) is 19.2 Å². The van der Waals surface area contributed by atoms with Crippen molar-refractivity contribution in [3.8, 4) is 0 Å². The van der Waals surface area contributed by atoms with Crippen molar-refractivity contribution in [3.05, 3.63) is 11.1 Å². The summed E-state index contributed by atoms with van der Waals surface area (Å²) in [5, 5.41) is 16.6. The van der Waals surface area contributed by atoms with Crippen molar-refractivity contribution in [2.45, 2.75) is 19.0 Å². The number of hydrogen-bond acceptors (Lipinski definition) is 9. The number of likely N-dealkylation sites (N-methyl/N-ethyl adjacent to an activating group) is 1. The van der Waals surface area contributed by atoms with Gasteiger partial charge in [0.2, 0.25) is 0 Å². The molecule has 12 nitrogen and oxygen atoms in total. The molecule has 0 radical (unpaired) electrons. The number of oxime groups is 1. The van der Waals surface area contributed by atoms with Crippen molar-refractivity contribution in [3.63, 3.8) is 0 Å². The van der Waals surface area contributed by atoms with E-state index in [9.17, 15) is 19.2 Å². The third-order valence-corrected chi connectivity index (χ3v) is 4.42. The molecule has 0 spiro atoms. The second-order valence-corrected chi connectivity index (χ2v) is 6.52. The number of carboxylic acid groups (broad SMARTS) is 1. The number of nitrogens with zero attached hydrogens (tertiary/aromatic N) is 4. The summed E-state index contributed by atoms with van der Waals surface area (Å²) in [6.07, 6.45) is 0. The van der Waals surface area contributed by atoms with Gasteiger partial charge >= 0.3 is 12.0 Å².